The van der Waals surface area contributed by atoms with Gasteiger partial charge in [-0.3, -0.25) is 9.80 Å². The summed E-state index contributed by atoms with van der Waals surface area (Å²) in [7, 11) is 0. The molecule has 1 saturated heterocycles. The molecule has 134 valence electrons. The van der Waals surface area contributed by atoms with Gasteiger partial charge in [-0.15, -0.1) is 0 Å². The third-order valence-corrected chi connectivity index (χ3v) is 5.24. The van der Waals surface area contributed by atoms with Crippen LogP contribution in [0.5, 0.6) is 0 Å². The summed E-state index contributed by atoms with van der Waals surface area (Å²) in [4.78, 5) is 5.00. The Morgan fingerprint density at radius 2 is 1.56 bits per heavy atom. The van der Waals surface area contributed by atoms with Crippen LogP contribution in [0.15, 0.2) is 60.7 Å². The quantitative estimate of drug-likeness (QED) is 0.836. The minimum Gasteiger partial charge on any atom is -0.395 e. The lowest BCUT2D eigenvalue weighted by Crippen LogP contribution is -2.55. The van der Waals surface area contributed by atoms with Crippen LogP contribution >= 0.6 is 0 Å². The highest BCUT2D eigenvalue weighted by Gasteiger charge is 2.31. The lowest BCUT2D eigenvalue weighted by Gasteiger charge is -2.44. The van der Waals surface area contributed by atoms with Crippen LogP contribution in [0.3, 0.4) is 0 Å². The van der Waals surface area contributed by atoms with E-state index in [-0.39, 0.29) is 18.7 Å². The molecular weight excluding hydrogens is 308 g/mol. The predicted molar refractivity (Wildman–Crippen MR) is 104 cm³/mol. The number of piperazine rings is 1. The van der Waals surface area contributed by atoms with Gasteiger partial charge in [0.15, 0.2) is 0 Å². The van der Waals surface area contributed by atoms with Gasteiger partial charge in [0.1, 0.15) is 0 Å². The van der Waals surface area contributed by atoms with Gasteiger partial charge in [-0.1, -0.05) is 74.0 Å². The third-order valence-electron chi connectivity index (χ3n) is 5.24. The Balaban J connectivity index is 1.82. The summed E-state index contributed by atoms with van der Waals surface area (Å²) >= 11 is 0. The number of hydrogen-bond acceptors (Lipinski definition) is 3. The van der Waals surface area contributed by atoms with Crippen molar-refractivity contribution in [1.29, 1.82) is 0 Å². The first-order valence-electron chi connectivity index (χ1n) is 9.52. The van der Waals surface area contributed by atoms with E-state index in [1.54, 1.807) is 0 Å². The van der Waals surface area contributed by atoms with Crippen LogP contribution < -0.4 is 0 Å². The summed E-state index contributed by atoms with van der Waals surface area (Å²) in [6, 6.07) is 22.0. The van der Waals surface area contributed by atoms with Crippen LogP contribution in [0.4, 0.5) is 0 Å². The van der Waals surface area contributed by atoms with Crippen LogP contribution in [-0.4, -0.2) is 53.7 Å². The van der Waals surface area contributed by atoms with Gasteiger partial charge in [-0.2, -0.15) is 0 Å². The van der Waals surface area contributed by atoms with E-state index >= 15 is 0 Å². The first-order chi connectivity index (χ1) is 12.3. The van der Waals surface area contributed by atoms with Gasteiger partial charge in [-0.05, 0) is 24.1 Å². The van der Waals surface area contributed by atoms with E-state index in [2.05, 4.69) is 77.4 Å². The predicted octanol–water partition coefficient (Wildman–Crippen LogP) is 3.55. The second-order valence-electron chi connectivity index (χ2n) is 6.94. The molecule has 2 aromatic carbocycles. The second-order valence-corrected chi connectivity index (χ2v) is 6.94. The summed E-state index contributed by atoms with van der Waals surface area (Å²) in [5.74, 6) is 0. The highest BCUT2D eigenvalue weighted by molar-refractivity contribution is 5.32. The van der Waals surface area contributed by atoms with E-state index in [1.165, 1.54) is 24.0 Å². The van der Waals surface area contributed by atoms with E-state index < -0.39 is 0 Å². The van der Waals surface area contributed by atoms with Crippen molar-refractivity contribution in [2.45, 2.75) is 31.8 Å². The smallest absolute Gasteiger partial charge is 0.0602 e. The van der Waals surface area contributed by atoms with Crippen LogP contribution in [-0.2, 0) is 0 Å². The molecule has 1 heterocycles. The summed E-state index contributed by atoms with van der Waals surface area (Å²) in [5, 5.41) is 9.93. The molecule has 0 aliphatic carbocycles. The SMILES string of the molecule is CCCCN1CCN(C(c2ccccc2)c2ccccc2)CC1CO. The number of aliphatic hydroxyl groups is 1. The molecule has 1 atom stereocenters. The molecule has 1 aliphatic rings. The fourth-order valence-electron chi connectivity index (χ4n) is 3.86. The summed E-state index contributed by atoms with van der Waals surface area (Å²) in [5.41, 5.74) is 2.65. The molecule has 1 unspecified atom stereocenters. The van der Waals surface area contributed by atoms with Crippen molar-refractivity contribution < 1.29 is 5.11 Å². The van der Waals surface area contributed by atoms with Crippen molar-refractivity contribution in [3.63, 3.8) is 0 Å². The molecule has 1 fully saturated rings. The van der Waals surface area contributed by atoms with Crippen molar-refractivity contribution in [2.75, 3.05) is 32.8 Å². The topological polar surface area (TPSA) is 26.7 Å². The molecule has 0 saturated carbocycles. The van der Waals surface area contributed by atoms with E-state index in [1.807, 2.05) is 0 Å². The van der Waals surface area contributed by atoms with Gasteiger partial charge in [0.2, 0.25) is 0 Å². The van der Waals surface area contributed by atoms with Crippen molar-refractivity contribution in [1.82, 2.24) is 9.80 Å². The maximum Gasteiger partial charge on any atom is 0.0602 e. The second kappa shape index (κ2) is 9.14. The van der Waals surface area contributed by atoms with Gasteiger partial charge >= 0.3 is 0 Å². The molecular formula is C22H30N2O. The average Bonchev–Trinajstić information content (AvgIpc) is 2.68. The standard InChI is InChI=1S/C22H30N2O/c1-2-3-14-23-15-16-24(17-21(23)18-25)22(19-10-6-4-7-11-19)20-12-8-5-9-13-20/h4-13,21-22,25H,2-3,14-18H2,1H3. The minimum atomic E-state index is 0.232. The molecule has 25 heavy (non-hydrogen) atoms. The van der Waals surface area contributed by atoms with Gasteiger partial charge in [0.05, 0.1) is 12.6 Å². The Labute approximate surface area is 151 Å². The summed E-state index contributed by atoms with van der Waals surface area (Å²) in [6.07, 6.45) is 2.41. The van der Waals surface area contributed by atoms with E-state index in [9.17, 15) is 5.11 Å². The maximum absolute atomic E-state index is 9.93. The van der Waals surface area contributed by atoms with Crippen molar-refractivity contribution in [3.8, 4) is 0 Å². The van der Waals surface area contributed by atoms with Crippen molar-refractivity contribution >= 4 is 0 Å². The summed E-state index contributed by atoms with van der Waals surface area (Å²) < 4.78 is 0. The van der Waals surface area contributed by atoms with Crippen LogP contribution in [0, 0.1) is 0 Å². The van der Waals surface area contributed by atoms with Gasteiger partial charge in [0, 0.05) is 25.7 Å². The molecule has 1 N–H and O–H groups in total. The Morgan fingerprint density at radius 1 is 0.960 bits per heavy atom. The molecule has 1 aliphatic heterocycles. The molecule has 3 nitrogen and oxygen atoms in total. The number of rotatable bonds is 7. The highest BCUT2D eigenvalue weighted by Crippen LogP contribution is 2.30. The van der Waals surface area contributed by atoms with Crippen LogP contribution in [0.2, 0.25) is 0 Å². The summed E-state index contributed by atoms with van der Waals surface area (Å²) in [6.45, 7) is 6.53. The highest BCUT2D eigenvalue weighted by atomic mass is 16.3. The molecule has 3 rings (SSSR count). The normalized spacial score (nSPS) is 19.4. The largest absolute Gasteiger partial charge is 0.395 e. The third kappa shape index (κ3) is 4.49. The lowest BCUT2D eigenvalue weighted by atomic mass is 9.95. The fourth-order valence-corrected chi connectivity index (χ4v) is 3.86. The molecule has 0 aromatic heterocycles. The van der Waals surface area contributed by atoms with Gasteiger partial charge in [0.25, 0.3) is 0 Å². The van der Waals surface area contributed by atoms with E-state index in [4.69, 9.17) is 0 Å². The monoisotopic (exact) mass is 338 g/mol. The zero-order chi connectivity index (χ0) is 17.5. The lowest BCUT2D eigenvalue weighted by molar-refractivity contribution is 0.0265. The number of aliphatic hydroxyl groups excluding tert-OH is 1. The van der Waals surface area contributed by atoms with Crippen molar-refractivity contribution in [2.24, 2.45) is 0 Å². The van der Waals surface area contributed by atoms with Gasteiger partial charge < -0.3 is 5.11 Å². The molecule has 2 aromatic rings. The number of hydrogen-bond donors (Lipinski definition) is 1. The van der Waals surface area contributed by atoms with Crippen LogP contribution in [0.25, 0.3) is 0 Å². The van der Waals surface area contributed by atoms with E-state index in [0.29, 0.717) is 0 Å². The first kappa shape index (κ1) is 18.1. The molecule has 0 spiro atoms. The number of nitrogens with zero attached hydrogens (tertiary/aromatic N) is 2. The van der Waals surface area contributed by atoms with Gasteiger partial charge in [-0.25, -0.2) is 0 Å². The Morgan fingerprint density at radius 3 is 2.08 bits per heavy atom. The zero-order valence-corrected chi connectivity index (χ0v) is 15.2. The molecule has 0 radical (unpaired) electrons. The van der Waals surface area contributed by atoms with Crippen LogP contribution in [0.1, 0.15) is 36.9 Å². The number of benzene rings is 2. The Bertz CT molecular complexity index is 577. The Kier molecular flexibility index (Phi) is 6.62. The maximum atomic E-state index is 9.93. The molecule has 0 bridgehead atoms. The number of unbranched alkanes of at least 4 members (excludes halogenated alkanes) is 1. The van der Waals surface area contributed by atoms with E-state index in [0.717, 1.165) is 26.2 Å². The molecule has 3 heteroatoms. The fraction of sp³-hybridized carbons (Fsp3) is 0.455. The van der Waals surface area contributed by atoms with Crippen molar-refractivity contribution in [3.05, 3.63) is 71.8 Å². The average molecular weight is 338 g/mol. The Hall–Kier alpha value is -1.68. The minimum absolute atomic E-state index is 0.232. The zero-order valence-electron chi connectivity index (χ0n) is 15.2. The molecule has 0 amide bonds. The first-order valence-corrected chi connectivity index (χ1v) is 9.52.